The minimum Gasteiger partial charge on any atom is -0.497 e. The number of benzene rings is 2. The van der Waals surface area contributed by atoms with E-state index in [4.69, 9.17) is 16.3 Å². The molecule has 0 radical (unpaired) electrons. The molecule has 138 valence electrons. The van der Waals surface area contributed by atoms with Gasteiger partial charge in [0.25, 0.3) is 11.5 Å². The Labute approximate surface area is 159 Å². The molecule has 2 N–H and O–H groups in total. The zero-order valence-electron chi connectivity index (χ0n) is 14.3. The summed E-state index contributed by atoms with van der Waals surface area (Å²) in [6.45, 7) is 0. The number of aromatic nitrogens is 2. The number of carbonyl (C=O) groups is 1. The van der Waals surface area contributed by atoms with E-state index in [1.54, 1.807) is 19.2 Å². The van der Waals surface area contributed by atoms with Crippen molar-refractivity contribution < 1.29 is 13.9 Å². The van der Waals surface area contributed by atoms with Crippen molar-refractivity contribution in [3.05, 3.63) is 86.8 Å². The highest BCUT2D eigenvalue weighted by atomic mass is 35.5. The van der Waals surface area contributed by atoms with Crippen LogP contribution in [-0.4, -0.2) is 23.0 Å². The van der Waals surface area contributed by atoms with Crippen molar-refractivity contribution in [2.75, 3.05) is 12.4 Å². The summed E-state index contributed by atoms with van der Waals surface area (Å²) in [5, 5.41) is 2.42. The van der Waals surface area contributed by atoms with Crippen LogP contribution in [-0.2, 0) is 6.42 Å². The highest BCUT2D eigenvalue weighted by Crippen LogP contribution is 2.19. The lowest BCUT2D eigenvalue weighted by Crippen LogP contribution is -2.20. The predicted molar refractivity (Wildman–Crippen MR) is 100 cm³/mol. The lowest BCUT2D eigenvalue weighted by Gasteiger charge is -2.07. The number of nitrogens with zero attached hydrogens (tertiary/aromatic N) is 1. The molecule has 0 bridgehead atoms. The molecule has 0 fully saturated rings. The number of carbonyl (C=O) groups excluding carboxylic acids is 1. The molecule has 0 aliphatic heterocycles. The summed E-state index contributed by atoms with van der Waals surface area (Å²) in [4.78, 5) is 31.1. The molecule has 8 heteroatoms. The molecule has 0 saturated carbocycles. The molecule has 0 saturated heterocycles. The number of hydrogen-bond donors (Lipinski definition) is 2. The number of nitrogens with one attached hydrogen (secondary N) is 2. The third-order valence-electron chi connectivity index (χ3n) is 3.73. The number of hydrogen-bond acceptors (Lipinski definition) is 4. The molecule has 1 heterocycles. The van der Waals surface area contributed by atoms with E-state index in [1.165, 1.54) is 12.1 Å². The van der Waals surface area contributed by atoms with Crippen LogP contribution in [0.3, 0.4) is 0 Å². The molecule has 0 spiro atoms. The number of H-pyrrole nitrogens is 1. The standard InChI is InChI=1S/C19H15ClFN3O3/c1-27-13-5-2-11(3-6-13)8-17-23-16(10-18(25)24-17)19(26)22-12-4-7-15(21)14(20)9-12/h2-7,9-10H,8H2,1H3,(H,22,26)(H,23,24,25). The number of methoxy groups -OCH3 is 1. The highest BCUT2D eigenvalue weighted by Gasteiger charge is 2.12. The van der Waals surface area contributed by atoms with Crippen molar-refractivity contribution >= 4 is 23.2 Å². The van der Waals surface area contributed by atoms with Gasteiger partial charge in [0.1, 0.15) is 23.1 Å². The Kier molecular flexibility index (Phi) is 5.52. The molecular formula is C19H15ClFN3O3. The normalized spacial score (nSPS) is 10.5. The topological polar surface area (TPSA) is 84.1 Å². The average molecular weight is 388 g/mol. The second-order valence-electron chi connectivity index (χ2n) is 5.69. The average Bonchev–Trinajstić information content (AvgIpc) is 2.65. The van der Waals surface area contributed by atoms with E-state index in [9.17, 15) is 14.0 Å². The van der Waals surface area contributed by atoms with Crippen LogP contribution in [0.4, 0.5) is 10.1 Å². The maximum Gasteiger partial charge on any atom is 0.274 e. The van der Waals surface area contributed by atoms with Crippen LogP contribution in [0.25, 0.3) is 0 Å². The van der Waals surface area contributed by atoms with Gasteiger partial charge >= 0.3 is 0 Å². The third-order valence-corrected chi connectivity index (χ3v) is 4.02. The SMILES string of the molecule is COc1ccc(Cc2nc(C(=O)Nc3ccc(F)c(Cl)c3)cc(=O)[nH]2)cc1. The van der Waals surface area contributed by atoms with Gasteiger partial charge in [-0.1, -0.05) is 23.7 Å². The van der Waals surface area contributed by atoms with E-state index in [2.05, 4.69) is 15.3 Å². The number of anilines is 1. The largest absolute Gasteiger partial charge is 0.497 e. The second kappa shape index (κ2) is 8.01. The smallest absolute Gasteiger partial charge is 0.274 e. The molecular weight excluding hydrogens is 373 g/mol. The fraction of sp³-hybridized carbons (Fsp3) is 0.105. The van der Waals surface area contributed by atoms with Crippen LogP contribution >= 0.6 is 11.6 Å². The lowest BCUT2D eigenvalue weighted by molar-refractivity contribution is 0.102. The molecule has 1 aromatic heterocycles. The summed E-state index contributed by atoms with van der Waals surface area (Å²) in [6.07, 6.45) is 0.336. The summed E-state index contributed by atoms with van der Waals surface area (Å²) >= 11 is 5.70. The van der Waals surface area contributed by atoms with Gasteiger partial charge in [0, 0.05) is 18.2 Å². The highest BCUT2D eigenvalue weighted by molar-refractivity contribution is 6.31. The van der Waals surface area contributed by atoms with Crippen molar-refractivity contribution in [3.63, 3.8) is 0 Å². The summed E-state index contributed by atoms with van der Waals surface area (Å²) < 4.78 is 18.3. The summed E-state index contributed by atoms with van der Waals surface area (Å²) in [5.41, 5.74) is 0.686. The van der Waals surface area contributed by atoms with Gasteiger partial charge in [0.2, 0.25) is 0 Å². The van der Waals surface area contributed by atoms with E-state index < -0.39 is 17.3 Å². The molecule has 0 aliphatic carbocycles. The van der Waals surface area contributed by atoms with E-state index in [1.807, 2.05) is 12.1 Å². The van der Waals surface area contributed by atoms with E-state index in [0.29, 0.717) is 23.7 Å². The number of ether oxygens (including phenoxy) is 1. The molecule has 6 nitrogen and oxygen atoms in total. The van der Waals surface area contributed by atoms with Gasteiger partial charge in [-0.15, -0.1) is 0 Å². The first-order valence-corrected chi connectivity index (χ1v) is 8.32. The van der Waals surface area contributed by atoms with Gasteiger partial charge in [0.15, 0.2) is 0 Å². The first-order chi connectivity index (χ1) is 12.9. The fourth-order valence-electron chi connectivity index (χ4n) is 2.41. The lowest BCUT2D eigenvalue weighted by atomic mass is 10.1. The Morgan fingerprint density at radius 1 is 1.22 bits per heavy atom. The van der Waals surface area contributed by atoms with Crippen LogP contribution < -0.4 is 15.6 Å². The summed E-state index contributed by atoms with van der Waals surface area (Å²) in [6, 6.07) is 12.1. The van der Waals surface area contributed by atoms with Crippen molar-refractivity contribution in [2.24, 2.45) is 0 Å². The fourth-order valence-corrected chi connectivity index (χ4v) is 2.59. The van der Waals surface area contributed by atoms with Crippen LogP contribution in [0.2, 0.25) is 5.02 Å². The van der Waals surface area contributed by atoms with Crippen molar-refractivity contribution in [1.29, 1.82) is 0 Å². The molecule has 2 aromatic carbocycles. The molecule has 3 rings (SSSR count). The Bertz CT molecular complexity index is 1040. The van der Waals surface area contributed by atoms with Crippen LogP contribution in [0, 0.1) is 5.82 Å². The van der Waals surface area contributed by atoms with Gasteiger partial charge in [-0.25, -0.2) is 9.37 Å². The number of rotatable bonds is 5. The maximum absolute atomic E-state index is 13.2. The Morgan fingerprint density at radius 2 is 1.96 bits per heavy atom. The summed E-state index contributed by atoms with van der Waals surface area (Å²) in [7, 11) is 1.57. The van der Waals surface area contributed by atoms with E-state index in [0.717, 1.165) is 17.7 Å². The first kappa shape index (κ1) is 18.6. The quantitative estimate of drug-likeness (QED) is 0.702. The predicted octanol–water partition coefficient (Wildman–Crippen LogP) is 3.41. The van der Waals surface area contributed by atoms with Crippen molar-refractivity contribution in [2.45, 2.75) is 6.42 Å². The van der Waals surface area contributed by atoms with Gasteiger partial charge in [-0.05, 0) is 35.9 Å². The maximum atomic E-state index is 13.2. The minimum absolute atomic E-state index is 0.0530. The van der Waals surface area contributed by atoms with Crippen LogP contribution in [0.1, 0.15) is 21.9 Å². The molecule has 1 amide bonds. The van der Waals surface area contributed by atoms with Crippen LogP contribution in [0.15, 0.2) is 53.3 Å². The van der Waals surface area contributed by atoms with Gasteiger partial charge < -0.3 is 15.0 Å². The van der Waals surface area contributed by atoms with Crippen molar-refractivity contribution in [1.82, 2.24) is 9.97 Å². The summed E-state index contributed by atoms with van der Waals surface area (Å²) in [5.74, 6) is -0.133. The number of amides is 1. The first-order valence-electron chi connectivity index (χ1n) is 7.94. The van der Waals surface area contributed by atoms with Gasteiger partial charge in [0.05, 0.1) is 12.1 Å². The Hall–Kier alpha value is -3.19. The Balaban J connectivity index is 1.80. The minimum atomic E-state index is -0.597. The van der Waals surface area contributed by atoms with E-state index in [-0.39, 0.29) is 10.7 Å². The number of aromatic amines is 1. The third kappa shape index (κ3) is 4.71. The van der Waals surface area contributed by atoms with Gasteiger partial charge in [-0.2, -0.15) is 0 Å². The second-order valence-corrected chi connectivity index (χ2v) is 6.09. The monoisotopic (exact) mass is 387 g/mol. The Morgan fingerprint density at radius 3 is 2.63 bits per heavy atom. The zero-order valence-corrected chi connectivity index (χ0v) is 15.0. The van der Waals surface area contributed by atoms with Crippen LogP contribution in [0.5, 0.6) is 5.75 Å². The molecule has 27 heavy (non-hydrogen) atoms. The van der Waals surface area contributed by atoms with Gasteiger partial charge in [-0.3, -0.25) is 9.59 Å². The molecule has 0 atom stereocenters. The zero-order chi connectivity index (χ0) is 19.4. The molecule has 3 aromatic rings. The molecule has 0 unspecified atom stereocenters. The number of halogens is 2. The van der Waals surface area contributed by atoms with E-state index >= 15 is 0 Å². The molecule has 0 aliphatic rings. The van der Waals surface area contributed by atoms with Crippen molar-refractivity contribution in [3.8, 4) is 5.75 Å².